The third-order valence-electron chi connectivity index (χ3n) is 5.52. The summed E-state index contributed by atoms with van der Waals surface area (Å²) in [5.74, 6) is -0.132. The minimum atomic E-state index is -0.376. The van der Waals surface area contributed by atoms with E-state index < -0.39 is 0 Å². The highest BCUT2D eigenvalue weighted by Gasteiger charge is 2.35. The van der Waals surface area contributed by atoms with Crippen molar-refractivity contribution in [2.45, 2.75) is 25.7 Å². The lowest BCUT2D eigenvalue weighted by Gasteiger charge is -2.17. The van der Waals surface area contributed by atoms with Crippen LogP contribution < -0.4 is 10.2 Å². The van der Waals surface area contributed by atoms with Crippen molar-refractivity contribution in [3.05, 3.63) is 53.6 Å². The van der Waals surface area contributed by atoms with E-state index in [1.807, 2.05) is 30.3 Å². The van der Waals surface area contributed by atoms with Gasteiger partial charge in [0, 0.05) is 18.7 Å². The molecule has 2 aliphatic rings. The second-order valence-corrected chi connectivity index (χ2v) is 7.30. The number of aryl methyl sites for hydroxylation is 2. The van der Waals surface area contributed by atoms with Crippen LogP contribution in [0.15, 0.2) is 42.5 Å². The number of anilines is 2. The van der Waals surface area contributed by atoms with Crippen molar-refractivity contribution in [2.75, 3.05) is 16.8 Å². The molecule has 1 saturated heterocycles. The van der Waals surface area contributed by atoms with Gasteiger partial charge in [0.25, 0.3) is 0 Å². The van der Waals surface area contributed by atoms with Gasteiger partial charge in [-0.2, -0.15) is 0 Å². The first-order chi connectivity index (χ1) is 13.2. The monoisotopic (exact) mass is 360 g/mol. The molecule has 6 heteroatoms. The van der Waals surface area contributed by atoms with Crippen LogP contribution in [0.1, 0.15) is 24.0 Å². The zero-order chi connectivity index (χ0) is 18.4. The molecule has 2 aromatic carbocycles. The predicted octanol–water partition coefficient (Wildman–Crippen LogP) is 3.04. The van der Waals surface area contributed by atoms with Gasteiger partial charge < -0.3 is 9.88 Å². The van der Waals surface area contributed by atoms with E-state index in [-0.39, 0.29) is 24.2 Å². The Labute approximate surface area is 156 Å². The molecule has 27 heavy (non-hydrogen) atoms. The average molecular weight is 360 g/mol. The van der Waals surface area contributed by atoms with Crippen LogP contribution in [-0.2, 0) is 22.4 Å². The number of aromatic nitrogens is 2. The zero-order valence-electron chi connectivity index (χ0n) is 14.9. The van der Waals surface area contributed by atoms with E-state index in [0.29, 0.717) is 12.5 Å². The average Bonchev–Trinajstić information content (AvgIpc) is 3.37. The fourth-order valence-corrected chi connectivity index (χ4v) is 4.09. The molecule has 1 fully saturated rings. The second-order valence-electron chi connectivity index (χ2n) is 7.30. The van der Waals surface area contributed by atoms with Crippen LogP contribution in [0.4, 0.5) is 11.6 Å². The van der Waals surface area contributed by atoms with Gasteiger partial charge in [0.2, 0.25) is 17.8 Å². The van der Waals surface area contributed by atoms with E-state index in [0.717, 1.165) is 29.6 Å². The van der Waals surface area contributed by atoms with Crippen LogP contribution in [0.5, 0.6) is 0 Å². The summed E-state index contributed by atoms with van der Waals surface area (Å²) in [6, 6.07) is 13.8. The number of carbonyl (C=O) groups is 2. The van der Waals surface area contributed by atoms with E-state index in [9.17, 15) is 9.59 Å². The number of nitrogens with zero attached hydrogens (tertiary/aromatic N) is 2. The van der Waals surface area contributed by atoms with E-state index in [1.54, 1.807) is 4.90 Å². The lowest BCUT2D eigenvalue weighted by Crippen LogP contribution is -2.28. The summed E-state index contributed by atoms with van der Waals surface area (Å²) in [5.41, 5.74) is 5.28. The molecule has 2 heterocycles. The Morgan fingerprint density at radius 3 is 2.89 bits per heavy atom. The Kier molecular flexibility index (Phi) is 3.70. The number of carbonyl (C=O) groups excluding carboxylic acids is 2. The topological polar surface area (TPSA) is 78.1 Å². The van der Waals surface area contributed by atoms with Crippen molar-refractivity contribution in [1.29, 1.82) is 0 Å². The Hall–Kier alpha value is -3.15. The van der Waals surface area contributed by atoms with Gasteiger partial charge in [0.1, 0.15) is 0 Å². The highest BCUT2D eigenvalue weighted by molar-refractivity contribution is 6.03. The molecule has 0 spiro atoms. The third kappa shape index (κ3) is 2.87. The number of hydrogen-bond donors (Lipinski definition) is 2. The lowest BCUT2D eigenvalue weighted by atomic mass is 10.1. The number of rotatable bonds is 3. The molecule has 6 nitrogen and oxygen atoms in total. The standard InChI is InChI=1S/C21H20N4O2/c26-19-11-15(12-25(19)16-9-8-13-4-3-5-14(13)10-16)20(27)24-21-22-17-6-1-2-7-18(17)23-21/h1-2,6-10,15H,3-5,11-12H2,(H2,22,23,24,27). The van der Waals surface area contributed by atoms with Crippen molar-refractivity contribution >= 4 is 34.5 Å². The summed E-state index contributed by atoms with van der Waals surface area (Å²) in [6.07, 6.45) is 3.59. The zero-order valence-corrected chi connectivity index (χ0v) is 14.9. The highest BCUT2D eigenvalue weighted by atomic mass is 16.2. The van der Waals surface area contributed by atoms with Crippen LogP contribution in [0.25, 0.3) is 11.0 Å². The summed E-state index contributed by atoms with van der Waals surface area (Å²) < 4.78 is 0. The fraction of sp³-hybridized carbons (Fsp3) is 0.286. The van der Waals surface area contributed by atoms with Gasteiger partial charge in [-0.3, -0.25) is 14.9 Å². The SMILES string of the molecule is O=C(Nc1nc2ccccc2[nH]1)C1CC(=O)N(c2ccc3c(c2)CCC3)C1. The number of hydrogen-bond acceptors (Lipinski definition) is 3. The van der Waals surface area contributed by atoms with E-state index in [2.05, 4.69) is 27.4 Å². The molecule has 3 aromatic rings. The van der Waals surface area contributed by atoms with Gasteiger partial charge in [-0.05, 0) is 54.7 Å². The van der Waals surface area contributed by atoms with E-state index >= 15 is 0 Å². The van der Waals surface area contributed by atoms with Crippen LogP contribution >= 0.6 is 0 Å². The molecular weight excluding hydrogens is 340 g/mol. The Bertz CT molecular complexity index is 1020. The van der Waals surface area contributed by atoms with Gasteiger partial charge in [0.15, 0.2) is 0 Å². The molecule has 0 radical (unpaired) electrons. The molecule has 0 bridgehead atoms. The maximum absolute atomic E-state index is 12.7. The number of imidazole rings is 1. The van der Waals surface area contributed by atoms with Crippen LogP contribution in [-0.4, -0.2) is 28.3 Å². The van der Waals surface area contributed by atoms with Crippen LogP contribution in [0.3, 0.4) is 0 Å². The highest BCUT2D eigenvalue weighted by Crippen LogP contribution is 2.31. The number of para-hydroxylation sites is 2. The second kappa shape index (κ2) is 6.23. The van der Waals surface area contributed by atoms with Gasteiger partial charge >= 0.3 is 0 Å². The quantitative estimate of drug-likeness (QED) is 0.754. The number of H-pyrrole nitrogens is 1. The van der Waals surface area contributed by atoms with Crippen molar-refractivity contribution in [2.24, 2.45) is 5.92 Å². The lowest BCUT2D eigenvalue weighted by molar-refractivity contribution is -0.122. The number of fused-ring (bicyclic) bond motifs is 2. The van der Waals surface area contributed by atoms with E-state index in [4.69, 9.17) is 0 Å². The summed E-state index contributed by atoms with van der Waals surface area (Å²) in [5, 5.41) is 2.82. The molecule has 2 N–H and O–H groups in total. The minimum absolute atomic E-state index is 0.00213. The number of aromatic amines is 1. The summed E-state index contributed by atoms with van der Waals surface area (Å²) >= 11 is 0. The van der Waals surface area contributed by atoms with Gasteiger partial charge in [0.05, 0.1) is 17.0 Å². The summed E-state index contributed by atoms with van der Waals surface area (Å²) in [4.78, 5) is 34.4. The Balaban J connectivity index is 1.31. The molecule has 0 saturated carbocycles. The summed E-state index contributed by atoms with van der Waals surface area (Å²) in [7, 11) is 0. The first-order valence-electron chi connectivity index (χ1n) is 9.35. The predicted molar refractivity (Wildman–Crippen MR) is 104 cm³/mol. The van der Waals surface area contributed by atoms with E-state index in [1.165, 1.54) is 17.5 Å². The number of nitrogens with one attached hydrogen (secondary N) is 2. The van der Waals surface area contributed by atoms with Crippen molar-refractivity contribution in [1.82, 2.24) is 9.97 Å². The first-order valence-corrected chi connectivity index (χ1v) is 9.35. The van der Waals surface area contributed by atoms with Gasteiger partial charge in [-0.25, -0.2) is 4.98 Å². The Morgan fingerprint density at radius 2 is 2.00 bits per heavy atom. The largest absolute Gasteiger partial charge is 0.324 e. The maximum Gasteiger partial charge on any atom is 0.232 e. The molecule has 5 rings (SSSR count). The molecule has 1 aliphatic heterocycles. The van der Waals surface area contributed by atoms with Crippen molar-refractivity contribution in [3.8, 4) is 0 Å². The number of benzene rings is 2. The molecule has 1 atom stereocenters. The van der Waals surface area contributed by atoms with Crippen LogP contribution in [0, 0.1) is 5.92 Å². The van der Waals surface area contributed by atoms with Crippen molar-refractivity contribution < 1.29 is 9.59 Å². The van der Waals surface area contributed by atoms with Gasteiger partial charge in [-0.15, -0.1) is 0 Å². The number of amides is 2. The molecule has 1 aliphatic carbocycles. The first kappa shape index (κ1) is 16.1. The maximum atomic E-state index is 12.7. The summed E-state index contributed by atoms with van der Waals surface area (Å²) in [6.45, 7) is 0.406. The molecular formula is C21H20N4O2. The Morgan fingerprint density at radius 1 is 1.15 bits per heavy atom. The van der Waals surface area contributed by atoms with Crippen LogP contribution in [0.2, 0.25) is 0 Å². The fourth-order valence-electron chi connectivity index (χ4n) is 4.09. The minimum Gasteiger partial charge on any atom is -0.324 e. The molecule has 1 aromatic heterocycles. The molecule has 2 amide bonds. The van der Waals surface area contributed by atoms with Gasteiger partial charge in [-0.1, -0.05) is 18.2 Å². The van der Waals surface area contributed by atoms with Crippen molar-refractivity contribution in [3.63, 3.8) is 0 Å². The smallest absolute Gasteiger partial charge is 0.232 e. The third-order valence-corrected chi connectivity index (χ3v) is 5.52. The normalized spacial score (nSPS) is 18.9. The molecule has 136 valence electrons. The molecule has 1 unspecified atom stereocenters.